The Balaban J connectivity index is 2.24. The molecule has 0 aromatic carbocycles. The fourth-order valence-electron chi connectivity index (χ4n) is 2.39. The van der Waals surface area contributed by atoms with Crippen LogP contribution in [0.3, 0.4) is 0 Å². The summed E-state index contributed by atoms with van der Waals surface area (Å²) in [7, 11) is 1.96. The molecule has 0 atom stereocenters. The molecule has 1 saturated heterocycles. The quantitative estimate of drug-likeness (QED) is 0.866. The predicted molar refractivity (Wildman–Crippen MR) is 70.3 cm³/mol. The van der Waals surface area contributed by atoms with Gasteiger partial charge in [-0.05, 0) is 40.2 Å². The van der Waals surface area contributed by atoms with E-state index in [4.69, 9.17) is 0 Å². The van der Waals surface area contributed by atoms with Gasteiger partial charge in [-0.2, -0.15) is 0 Å². The van der Waals surface area contributed by atoms with E-state index in [0.29, 0.717) is 0 Å². The Morgan fingerprint density at radius 3 is 2.18 bits per heavy atom. The Hall–Kier alpha value is -1.16. The SMILES string of the molecule is CNCc1c(C)nc(N2CCCCC2)nc1C. The zero-order valence-corrected chi connectivity index (χ0v) is 11.1. The zero-order chi connectivity index (χ0) is 12.3. The second-order valence-electron chi connectivity index (χ2n) is 4.75. The van der Waals surface area contributed by atoms with Crippen molar-refractivity contribution >= 4 is 5.95 Å². The molecule has 0 bridgehead atoms. The third-order valence-corrected chi connectivity index (χ3v) is 3.40. The molecule has 4 nitrogen and oxygen atoms in total. The van der Waals surface area contributed by atoms with Gasteiger partial charge in [0.15, 0.2) is 0 Å². The first-order valence-corrected chi connectivity index (χ1v) is 6.46. The van der Waals surface area contributed by atoms with Gasteiger partial charge in [0.2, 0.25) is 5.95 Å². The molecule has 1 aliphatic rings. The number of aromatic nitrogens is 2. The minimum absolute atomic E-state index is 0.845. The van der Waals surface area contributed by atoms with E-state index in [0.717, 1.165) is 37.0 Å². The number of anilines is 1. The van der Waals surface area contributed by atoms with Crippen molar-refractivity contribution in [3.63, 3.8) is 0 Å². The summed E-state index contributed by atoms with van der Waals surface area (Å²) in [5.41, 5.74) is 3.44. The molecule has 0 unspecified atom stereocenters. The van der Waals surface area contributed by atoms with Gasteiger partial charge in [-0.3, -0.25) is 0 Å². The Bertz CT molecular complexity index is 360. The van der Waals surface area contributed by atoms with Crippen molar-refractivity contribution in [3.8, 4) is 0 Å². The third-order valence-electron chi connectivity index (χ3n) is 3.40. The van der Waals surface area contributed by atoms with E-state index < -0.39 is 0 Å². The highest BCUT2D eigenvalue weighted by Gasteiger charge is 2.15. The summed E-state index contributed by atoms with van der Waals surface area (Å²) in [6.07, 6.45) is 3.87. The Kier molecular flexibility index (Phi) is 3.94. The molecule has 94 valence electrons. The molecular formula is C13H22N4. The van der Waals surface area contributed by atoms with Crippen LogP contribution < -0.4 is 10.2 Å². The van der Waals surface area contributed by atoms with Crippen LogP contribution >= 0.6 is 0 Å². The van der Waals surface area contributed by atoms with Crippen LogP contribution in [0.4, 0.5) is 5.95 Å². The van der Waals surface area contributed by atoms with E-state index in [2.05, 4.69) is 34.0 Å². The lowest BCUT2D eigenvalue weighted by Crippen LogP contribution is -2.31. The summed E-state index contributed by atoms with van der Waals surface area (Å²) in [4.78, 5) is 11.6. The van der Waals surface area contributed by atoms with Crippen LogP contribution in [0.25, 0.3) is 0 Å². The van der Waals surface area contributed by atoms with Gasteiger partial charge in [0.1, 0.15) is 0 Å². The number of nitrogens with zero attached hydrogens (tertiary/aromatic N) is 3. The monoisotopic (exact) mass is 234 g/mol. The molecule has 0 amide bonds. The Labute approximate surface area is 103 Å². The van der Waals surface area contributed by atoms with Crippen molar-refractivity contribution < 1.29 is 0 Å². The molecule has 0 spiro atoms. The summed E-state index contributed by atoms with van der Waals surface area (Å²) >= 11 is 0. The molecule has 1 fully saturated rings. The van der Waals surface area contributed by atoms with Crippen molar-refractivity contribution in [2.24, 2.45) is 0 Å². The van der Waals surface area contributed by atoms with Crippen LogP contribution in [0.2, 0.25) is 0 Å². The van der Waals surface area contributed by atoms with Crippen LogP contribution in [0.15, 0.2) is 0 Å². The first kappa shape index (κ1) is 12.3. The fourth-order valence-corrected chi connectivity index (χ4v) is 2.39. The predicted octanol–water partition coefficient (Wildman–Crippen LogP) is 1.80. The lowest BCUT2D eigenvalue weighted by molar-refractivity contribution is 0.566. The number of hydrogen-bond donors (Lipinski definition) is 1. The van der Waals surface area contributed by atoms with Crippen LogP contribution in [0.1, 0.15) is 36.2 Å². The number of rotatable bonds is 3. The maximum absolute atomic E-state index is 4.65. The standard InChI is InChI=1S/C13H22N4/c1-10-12(9-14-3)11(2)16-13(15-10)17-7-5-4-6-8-17/h14H,4-9H2,1-3H3. The van der Waals surface area contributed by atoms with Crippen LogP contribution in [-0.4, -0.2) is 30.1 Å². The van der Waals surface area contributed by atoms with E-state index in [9.17, 15) is 0 Å². The number of aryl methyl sites for hydroxylation is 2. The molecule has 0 aliphatic carbocycles. The number of nitrogens with one attached hydrogen (secondary N) is 1. The zero-order valence-electron chi connectivity index (χ0n) is 11.1. The Morgan fingerprint density at radius 1 is 1.06 bits per heavy atom. The minimum atomic E-state index is 0.845. The van der Waals surface area contributed by atoms with Gasteiger partial charge >= 0.3 is 0 Å². The summed E-state index contributed by atoms with van der Waals surface area (Å²) in [6, 6.07) is 0. The van der Waals surface area contributed by atoms with Crippen LogP contribution in [0, 0.1) is 13.8 Å². The van der Waals surface area contributed by atoms with Crippen molar-refractivity contribution in [3.05, 3.63) is 17.0 Å². The second-order valence-corrected chi connectivity index (χ2v) is 4.75. The summed E-state index contributed by atoms with van der Waals surface area (Å²) in [5, 5.41) is 3.17. The maximum Gasteiger partial charge on any atom is 0.225 e. The van der Waals surface area contributed by atoms with E-state index >= 15 is 0 Å². The molecule has 4 heteroatoms. The number of piperidine rings is 1. The molecule has 1 N–H and O–H groups in total. The minimum Gasteiger partial charge on any atom is -0.341 e. The van der Waals surface area contributed by atoms with Gasteiger partial charge in [0, 0.05) is 36.6 Å². The highest BCUT2D eigenvalue weighted by atomic mass is 15.3. The van der Waals surface area contributed by atoms with Crippen molar-refractivity contribution in [2.75, 3.05) is 25.0 Å². The molecule has 2 rings (SSSR count). The Morgan fingerprint density at radius 2 is 1.65 bits per heavy atom. The highest BCUT2D eigenvalue weighted by molar-refractivity contribution is 5.36. The van der Waals surface area contributed by atoms with Crippen molar-refractivity contribution in [2.45, 2.75) is 39.7 Å². The van der Waals surface area contributed by atoms with E-state index in [1.54, 1.807) is 0 Å². The molecule has 1 aromatic rings. The van der Waals surface area contributed by atoms with Gasteiger partial charge in [-0.25, -0.2) is 9.97 Å². The summed E-state index contributed by atoms with van der Waals surface area (Å²) < 4.78 is 0. The van der Waals surface area contributed by atoms with Crippen molar-refractivity contribution in [1.29, 1.82) is 0 Å². The van der Waals surface area contributed by atoms with Crippen LogP contribution in [-0.2, 0) is 6.54 Å². The van der Waals surface area contributed by atoms with E-state index in [1.165, 1.54) is 24.8 Å². The van der Waals surface area contributed by atoms with E-state index in [-0.39, 0.29) is 0 Å². The molecular weight excluding hydrogens is 212 g/mol. The molecule has 1 aromatic heterocycles. The van der Waals surface area contributed by atoms with Gasteiger partial charge in [0.05, 0.1) is 0 Å². The van der Waals surface area contributed by atoms with Gasteiger partial charge < -0.3 is 10.2 Å². The van der Waals surface area contributed by atoms with E-state index in [1.807, 2.05) is 7.05 Å². The molecule has 17 heavy (non-hydrogen) atoms. The maximum atomic E-state index is 4.65. The molecule has 1 aliphatic heterocycles. The second kappa shape index (κ2) is 5.45. The summed E-state index contributed by atoms with van der Waals surface area (Å²) in [6.45, 7) is 7.20. The lowest BCUT2D eigenvalue weighted by atomic mass is 10.1. The largest absolute Gasteiger partial charge is 0.341 e. The topological polar surface area (TPSA) is 41.1 Å². The first-order chi connectivity index (χ1) is 8.22. The summed E-state index contributed by atoms with van der Waals surface area (Å²) in [5.74, 6) is 0.916. The smallest absolute Gasteiger partial charge is 0.225 e. The third kappa shape index (κ3) is 2.75. The van der Waals surface area contributed by atoms with Gasteiger partial charge in [-0.1, -0.05) is 0 Å². The first-order valence-electron chi connectivity index (χ1n) is 6.46. The highest BCUT2D eigenvalue weighted by Crippen LogP contribution is 2.19. The van der Waals surface area contributed by atoms with Gasteiger partial charge in [-0.15, -0.1) is 0 Å². The number of hydrogen-bond acceptors (Lipinski definition) is 4. The van der Waals surface area contributed by atoms with Gasteiger partial charge in [0.25, 0.3) is 0 Å². The average molecular weight is 234 g/mol. The molecule has 0 saturated carbocycles. The van der Waals surface area contributed by atoms with Crippen LogP contribution in [0.5, 0.6) is 0 Å². The fraction of sp³-hybridized carbons (Fsp3) is 0.692. The average Bonchev–Trinajstić information content (AvgIpc) is 2.35. The normalized spacial score (nSPS) is 16.3. The molecule has 2 heterocycles. The van der Waals surface area contributed by atoms with Crippen molar-refractivity contribution in [1.82, 2.24) is 15.3 Å². The molecule has 0 radical (unpaired) electrons. The lowest BCUT2D eigenvalue weighted by Gasteiger charge is -2.27.